The van der Waals surface area contributed by atoms with E-state index in [4.69, 9.17) is 4.74 Å². The van der Waals surface area contributed by atoms with Gasteiger partial charge in [-0.2, -0.15) is 5.10 Å². The third-order valence-electron chi connectivity index (χ3n) is 2.75. The summed E-state index contributed by atoms with van der Waals surface area (Å²) in [5.41, 5.74) is 2.55. The van der Waals surface area contributed by atoms with Crippen molar-refractivity contribution in [2.24, 2.45) is 0 Å². The van der Waals surface area contributed by atoms with E-state index in [1.165, 1.54) is 0 Å². The van der Waals surface area contributed by atoms with Gasteiger partial charge in [0.2, 0.25) is 0 Å². The molecule has 0 bridgehead atoms. The minimum atomic E-state index is -0.174. The van der Waals surface area contributed by atoms with Crippen molar-refractivity contribution in [3.05, 3.63) is 47.2 Å². The first kappa shape index (κ1) is 13.3. The minimum Gasteiger partial charge on any atom is -0.380 e. The van der Waals surface area contributed by atoms with Crippen molar-refractivity contribution in [3.8, 4) is 0 Å². The van der Waals surface area contributed by atoms with E-state index in [1.54, 1.807) is 13.2 Å². The van der Waals surface area contributed by atoms with Gasteiger partial charge in [0, 0.05) is 24.4 Å². The second-order valence-electron chi connectivity index (χ2n) is 4.22. The van der Waals surface area contributed by atoms with Gasteiger partial charge in [-0.1, -0.05) is 19.1 Å². The Morgan fingerprint density at radius 2 is 2.26 bits per heavy atom. The number of H-pyrrole nitrogens is 1. The molecule has 0 fully saturated rings. The Balaban J connectivity index is 2.08. The van der Waals surface area contributed by atoms with Gasteiger partial charge in [-0.15, -0.1) is 0 Å². The molecule has 1 amide bonds. The second-order valence-corrected chi connectivity index (χ2v) is 4.22. The summed E-state index contributed by atoms with van der Waals surface area (Å²) in [6.07, 6.45) is 0.853. The molecule has 0 spiro atoms. The van der Waals surface area contributed by atoms with E-state index < -0.39 is 0 Å². The number of hydrogen-bond acceptors (Lipinski definition) is 3. The average Bonchev–Trinajstić information content (AvgIpc) is 2.87. The van der Waals surface area contributed by atoms with Gasteiger partial charge in [-0.05, 0) is 24.1 Å². The van der Waals surface area contributed by atoms with Crippen LogP contribution in [0.25, 0.3) is 0 Å². The Labute approximate surface area is 112 Å². The average molecular weight is 259 g/mol. The molecule has 1 aromatic carbocycles. The molecule has 100 valence electrons. The number of anilines is 1. The lowest BCUT2D eigenvalue weighted by Crippen LogP contribution is -2.12. The Morgan fingerprint density at radius 1 is 1.42 bits per heavy atom. The maximum Gasteiger partial charge on any atom is 0.256 e. The summed E-state index contributed by atoms with van der Waals surface area (Å²) >= 11 is 0. The van der Waals surface area contributed by atoms with Crippen LogP contribution in [0, 0.1) is 0 Å². The third-order valence-corrected chi connectivity index (χ3v) is 2.75. The van der Waals surface area contributed by atoms with Crippen LogP contribution in [-0.2, 0) is 17.8 Å². The number of nitrogens with zero attached hydrogens (tertiary/aromatic N) is 1. The summed E-state index contributed by atoms with van der Waals surface area (Å²) in [5, 5.41) is 9.65. The molecule has 0 aliphatic heterocycles. The number of nitrogens with one attached hydrogen (secondary N) is 2. The number of carbonyl (C=O) groups excluding carboxylic acids is 1. The largest absolute Gasteiger partial charge is 0.380 e. The number of carbonyl (C=O) groups is 1. The highest BCUT2D eigenvalue weighted by Gasteiger charge is 2.08. The highest BCUT2D eigenvalue weighted by atomic mass is 16.5. The van der Waals surface area contributed by atoms with Crippen LogP contribution in [-0.4, -0.2) is 23.2 Å². The number of ether oxygens (including phenoxy) is 1. The number of rotatable bonds is 5. The van der Waals surface area contributed by atoms with E-state index in [0.717, 1.165) is 17.7 Å². The monoisotopic (exact) mass is 259 g/mol. The summed E-state index contributed by atoms with van der Waals surface area (Å²) in [4.78, 5) is 12.1. The van der Waals surface area contributed by atoms with Crippen LogP contribution in [0.5, 0.6) is 0 Å². The van der Waals surface area contributed by atoms with Gasteiger partial charge >= 0.3 is 0 Å². The van der Waals surface area contributed by atoms with Crippen molar-refractivity contribution in [3.63, 3.8) is 0 Å². The number of amides is 1. The lowest BCUT2D eigenvalue weighted by atomic mass is 10.1. The zero-order valence-electron chi connectivity index (χ0n) is 11.1. The van der Waals surface area contributed by atoms with Crippen LogP contribution in [0.4, 0.5) is 5.82 Å². The molecular formula is C14H17N3O2. The summed E-state index contributed by atoms with van der Waals surface area (Å²) in [7, 11) is 1.63. The molecule has 1 heterocycles. The van der Waals surface area contributed by atoms with Crippen molar-refractivity contribution in [1.82, 2.24) is 10.2 Å². The first-order valence-electron chi connectivity index (χ1n) is 6.16. The number of aryl methyl sites for hydroxylation is 1. The fourth-order valence-electron chi connectivity index (χ4n) is 1.76. The first-order chi connectivity index (χ1) is 9.22. The number of aromatic amines is 1. The molecule has 2 rings (SSSR count). The Bertz CT molecular complexity index is 563. The number of methoxy groups -OCH3 is 1. The molecule has 19 heavy (non-hydrogen) atoms. The zero-order chi connectivity index (χ0) is 13.7. The zero-order valence-corrected chi connectivity index (χ0v) is 11.1. The summed E-state index contributed by atoms with van der Waals surface area (Å²) in [6, 6.07) is 9.17. The Hall–Kier alpha value is -2.14. The van der Waals surface area contributed by atoms with Gasteiger partial charge in [0.05, 0.1) is 6.61 Å². The van der Waals surface area contributed by atoms with Gasteiger partial charge in [-0.3, -0.25) is 9.89 Å². The van der Waals surface area contributed by atoms with Gasteiger partial charge < -0.3 is 10.1 Å². The normalized spacial score (nSPS) is 10.4. The lowest BCUT2D eigenvalue weighted by molar-refractivity contribution is 0.102. The van der Waals surface area contributed by atoms with Gasteiger partial charge in [0.25, 0.3) is 5.91 Å². The molecular weight excluding hydrogens is 242 g/mol. The SMILES string of the molecule is CCc1cc(NC(=O)c2cccc(COC)c2)n[nH]1. The van der Waals surface area contributed by atoms with Crippen LogP contribution in [0.1, 0.15) is 28.5 Å². The standard InChI is InChI=1S/C14H17N3O2/c1-3-12-8-13(17-16-12)15-14(18)11-6-4-5-10(7-11)9-19-2/h4-8H,3,9H2,1-2H3,(H2,15,16,17,18). The van der Waals surface area contributed by atoms with Crippen molar-refractivity contribution in [1.29, 1.82) is 0 Å². The predicted molar refractivity (Wildman–Crippen MR) is 73.1 cm³/mol. The van der Waals surface area contributed by atoms with E-state index in [9.17, 15) is 4.79 Å². The molecule has 1 aromatic heterocycles. The van der Waals surface area contributed by atoms with Crippen LogP contribution in [0.15, 0.2) is 30.3 Å². The highest BCUT2D eigenvalue weighted by molar-refractivity contribution is 6.03. The van der Waals surface area contributed by atoms with Gasteiger partial charge in [0.1, 0.15) is 0 Å². The van der Waals surface area contributed by atoms with Crippen molar-refractivity contribution < 1.29 is 9.53 Å². The molecule has 2 aromatic rings. The van der Waals surface area contributed by atoms with Crippen LogP contribution < -0.4 is 5.32 Å². The maximum atomic E-state index is 12.1. The second kappa shape index (κ2) is 6.15. The van der Waals surface area contributed by atoms with Gasteiger partial charge in [-0.25, -0.2) is 0 Å². The van der Waals surface area contributed by atoms with Crippen molar-refractivity contribution in [2.45, 2.75) is 20.0 Å². The van der Waals surface area contributed by atoms with Crippen LogP contribution >= 0.6 is 0 Å². The number of aromatic nitrogens is 2. The maximum absolute atomic E-state index is 12.1. The van der Waals surface area contributed by atoms with E-state index in [1.807, 2.05) is 31.2 Å². The number of hydrogen-bond donors (Lipinski definition) is 2. The fraction of sp³-hybridized carbons (Fsp3) is 0.286. The molecule has 0 aliphatic rings. The highest BCUT2D eigenvalue weighted by Crippen LogP contribution is 2.10. The first-order valence-corrected chi connectivity index (χ1v) is 6.16. The smallest absolute Gasteiger partial charge is 0.256 e. The van der Waals surface area contributed by atoms with Gasteiger partial charge in [0.15, 0.2) is 5.82 Å². The summed E-state index contributed by atoms with van der Waals surface area (Å²) in [5.74, 6) is 0.367. The summed E-state index contributed by atoms with van der Waals surface area (Å²) < 4.78 is 5.05. The van der Waals surface area contributed by atoms with Crippen LogP contribution in [0.2, 0.25) is 0 Å². The molecule has 0 radical (unpaired) electrons. The Morgan fingerprint density at radius 3 is 2.95 bits per heavy atom. The third kappa shape index (κ3) is 3.42. The molecule has 0 aliphatic carbocycles. The molecule has 0 unspecified atom stereocenters. The molecule has 0 saturated heterocycles. The van der Waals surface area contributed by atoms with Crippen molar-refractivity contribution >= 4 is 11.7 Å². The summed E-state index contributed by atoms with van der Waals surface area (Å²) in [6.45, 7) is 2.51. The van der Waals surface area contributed by atoms with E-state index in [2.05, 4.69) is 15.5 Å². The molecule has 2 N–H and O–H groups in total. The van der Waals surface area contributed by atoms with E-state index in [-0.39, 0.29) is 5.91 Å². The van der Waals surface area contributed by atoms with E-state index >= 15 is 0 Å². The quantitative estimate of drug-likeness (QED) is 0.866. The van der Waals surface area contributed by atoms with Crippen LogP contribution in [0.3, 0.4) is 0 Å². The number of benzene rings is 1. The molecule has 5 heteroatoms. The van der Waals surface area contributed by atoms with Crippen molar-refractivity contribution in [2.75, 3.05) is 12.4 Å². The molecule has 5 nitrogen and oxygen atoms in total. The van der Waals surface area contributed by atoms with E-state index in [0.29, 0.717) is 18.0 Å². The lowest BCUT2D eigenvalue weighted by Gasteiger charge is -2.04. The molecule has 0 atom stereocenters. The topological polar surface area (TPSA) is 67.0 Å². The molecule has 0 saturated carbocycles. The fourth-order valence-corrected chi connectivity index (χ4v) is 1.76. The predicted octanol–water partition coefficient (Wildman–Crippen LogP) is 2.37. The Kier molecular flexibility index (Phi) is 4.30. The minimum absolute atomic E-state index is 0.174.